The number of hydrogen-bond donors (Lipinski definition) is 1. The van der Waals surface area contributed by atoms with Crippen molar-refractivity contribution in [3.63, 3.8) is 0 Å². The SMILES string of the molecule is CCCNc1ccc(CN(C)Cc2ccc(C)cc2)cn1. The molecule has 0 fully saturated rings. The molecule has 0 aliphatic rings. The summed E-state index contributed by atoms with van der Waals surface area (Å²) in [4.78, 5) is 6.76. The lowest BCUT2D eigenvalue weighted by molar-refractivity contribution is 0.318. The quantitative estimate of drug-likeness (QED) is 0.836. The first-order chi connectivity index (χ1) is 10.2. The van der Waals surface area contributed by atoms with Gasteiger partial charge in [-0.15, -0.1) is 0 Å². The van der Waals surface area contributed by atoms with Crippen molar-refractivity contribution in [2.75, 3.05) is 18.9 Å². The molecule has 0 bridgehead atoms. The number of aromatic nitrogens is 1. The zero-order valence-corrected chi connectivity index (χ0v) is 13.3. The lowest BCUT2D eigenvalue weighted by atomic mass is 10.1. The van der Waals surface area contributed by atoms with Crippen molar-refractivity contribution in [2.45, 2.75) is 33.4 Å². The Morgan fingerprint density at radius 2 is 1.67 bits per heavy atom. The van der Waals surface area contributed by atoms with Crippen LogP contribution >= 0.6 is 0 Å². The molecule has 0 aliphatic carbocycles. The van der Waals surface area contributed by atoms with E-state index in [2.05, 4.69) is 72.5 Å². The zero-order valence-electron chi connectivity index (χ0n) is 13.3. The van der Waals surface area contributed by atoms with Gasteiger partial charge in [0.25, 0.3) is 0 Å². The number of pyridine rings is 1. The van der Waals surface area contributed by atoms with Crippen molar-refractivity contribution in [3.8, 4) is 0 Å². The first-order valence-electron chi connectivity index (χ1n) is 7.60. The molecule has 3 nitrogen and oxygen atoms in total. The van der Waals surface area contributed by atoms with E-state index in [0.29, 0.717) is 0 Å². The van der Waals surface area contributed by atoms with Crippen molar-refractivity contribution in [3.05, 3.63) is 59.3 Å². The van der Waals surface area contributed by atoms with Gasteiger partial charge in [0, 0.05) is 25.8 Å². The van der Waals surface area contributed by atoms with Gasteiger partial charge in [-0.05, 0) is 37.6 Å². The standard InChI is InChI=1S/C18H25N3/c1-4-11-19-18-10-9-17(12-20-18)14-21(3)13-16-7-5-15(2)6-8-16/h5-10,12H,4,11,13-14H2,1-3H3,(H,19,20). The van der Waals surface area contributed by atoms with Gasteiger partial charge >= 0.3 is 0 Å². The summed E-state index contributed by atoms with van der Waals surface area (Å²) in [5, 5.41) is 3.30. The van der Waals surface area contributed by atoms with E-state index in [1.165, 1.54) is 16.7 Å². The highest BCUT2D eigenvalue weighted by Gasteiger charge is 2.03. The monoisotopic (exact) mass is 283 g/mol. The predicted molar refractivity (Wildman–Crippen MR) is 89.4 cm³/mol. The molecule has 0 atom stereocenters. The van der Waals surface area contributed by atoms with Crippen LogP contribution in [-0.4, -0.2) is 23.5 Å². The number of rotatable bonds is 7. The van der Waals surface area contributed by atoms with E-state index < -0.39 is 0 Å². The van der Waals surface area contributed by atoms with Gasteiger partial charge in [-0.3, -0.25) is 4.90 Å². The van der Waals surface area contributed by atoms with E-state index in [-0.39, 0.29) is 0 Å². The van der Waals surface area contributed by atoms with Crippen LogP contribution in [0.3, 0.4) is 0 Å². The largest absolute Gasteiger partial charge is 0.370 e. The van der Waals surface area contributed by atoms with Gasteiger partial charge in [-0.1, -0.05) is 42.8 Å². The molecule has 21 heavy (non-hydrogen) atoms. The van der Waals surface area contributed by atoms with Crippen molar-refractivity contribution >= 4 is 5.82 Å². The lowest BCUT2D eigenvalue weighted by Gasteiger charge is -2.17. The average Bonchev–Trinajstić information content (AvgIpc) is 2.49. The summed E-state index contributed by atoms with van der Waals surface area (Å²) in [5.74, 6) is 0.960. The van der Waals surface area contributed by atoms with Crippen LogP contribution in [0.25, 0.3) is 0 Å². The van der Waals surface area contributed by atoms with Gasteiger partial charge in [-0.2, -0.15) is 0 Å². The van der Waals surface area contributed by atoms with Gasteiger partial charge in [0.1, 0.15) is 5.82 Å². The Bertz CT molecular complexity index is 531. The lowest BCUT2D eigenvalue weighted by Crippen LogP contribution is -2.17. The summed E-state index contributed by atoms with van der Waals surface area (Å²) in [6.45, 7) is 7.11. The molecule has 1 aromatic carbocycles. The van der Waals surface area contributed by atoms with Gasteiger partial charge in [0.2, 0.25) is 0 Å². The van der Waals surface area contributed by atoms with Crippen LogP contribution in [0.1, 0.15) is 30.0 Å². The van der Waals surface area contributed by atoms with Crippen LogP contribution in [0, 0.1) is 6.92 Å². The Kier molecular flexibility index (Phi) is 5.76. The molecule has 0 radical (unpaired) electrons. The first kappa shape index (κ1) is 15.5. The highest BCUT2D eigenvalue weighted by Crippen LogP contribution is 2.10. The fourth-order valence-electron chi connectivity index (χ4n) is 2.25. The highest BCUT2D eigenvalue weighted by atomic mass is 15.1. The Labute approximate surface area is 128 Å². The third-order valence-corrected chi connectivity index (χ3v) is 3.41. The number of nitrogens with zero attached hydrogens (tertiary/aromatic N) is 2. The van der Waals surface area contributed by atoms with E-state index in [9.17, 15) is 0 Å². The third-order valence-electron chi connectivity index (χ3n) is 3.41. The minimum atomic E-state index is 0.912. The van der Waals surface area contributed by atoms with Crippen LogP contribution in [0.4, 0.5) is 5.82 Å². The molecule has 0 saturated heterocycles. The van der Waals surface area contributed by atoms with Gasteiger partial charge < -0.3 is 5.32 Å². The van der Waals surface area contributed by atoms with E-state index >= 15 is 0 Å². The smallest absolute Gasteiger partial charge is 0.125 e. The molecule has 2 rings (SSSR count). The highest BCUT2D eigenvalue weighted by molar-refractivity contribution is 5.35. The summed E-state index contributed by atoms with van der Waals surface area (Å²) in [6, 6.07) is 12.9. The fourth-order valence-corrected chi connectivity index (χ4v) is 2.25. The van der Waals surface area contributed by atoms with E-state index in [4.69, 9.17) is 0 Å². The first-order valence-corrected chi connectivity index (χ1v) is 7.60. The topological polar surface area (TPSA) is 28.2 Å². The number of nitrogens with one attached hydrogen (secondary N) is 1. The van der Waals surface area contributed by atoms with Gasteiger partial charge in [0.05, 0.1) is 0 Å². The normalized spacial score (nSPS) is 10.9. The molecule has 1 heterocycles. The molecule has 0 saturated carbocycles. The van der Waals surface area contributed by atoms with Crippen LogP contribution in [-0.2, 0) is 13.1 Å². The fraction of sp³-hybridized carbons (Fsp3) is 0.389. The van der Waals surface area contributed by atoms with Crippen LogP contribution in [0.2, 0.25) is 0 Å². The van der Waals surface area contributed by atoms with E-state index in [1.807, 2.05) is 6.20 Å². The van der Waals surface area contributed by atoms with Crippen molar-refractivity contribution in [2.24, 2.45) is 0 Å². The predicted octanol–water partition coefficient (Wildman–Crippen LogP) is 3.84. The molecular formula is C18H25N3. The molecular weight excluding hydrogens is 258 g/mol. The van der Waals surface area contributed by atoms with Crippen molar-refractivity contribution in [1.82, 2.24) is 9.88 Å². The second-order valence-electron chi connectivity index (χ2n) is 5.64. The maximum Gasteiger partial charge on any atom is 0.125 e. The molecule has 2 aromatic rings. The summed E-state index contributed by atoms with van der Waals surface area (Å²) < 4.78 is 0. The number of benzene rings is 1. The molecule has 3 heteroatoms. The molecule has 0 unspecified atom stereocenters. The summed E-state index contributed by atoms with van der Waals surface area (Å²) in [6.07, 6.45) is 3.08. The number of anilines is 1. The Morgan fingerprint density at radius 1 is 1.00 bits per heavy atom. The van der Waals surface area contributed by atoms with Crippen LogP contribution in [0.5, 0.6) is 0 Å². The second kappa shape index (κ2) is 7.79. The number of aryl methyl sites for hydroxylation is 1. The summed E-state index contributed by atoms with van der Waals surface area (Å²) in [5.41, 5.74) is 3.89. The summed E-state index contributed by atoms with van der Waals surface area (Å²) >= 11 is 0. The molecule has 0 aliphatic heterocycles. The molecule has 0 spiro atoms. The Hall–Kier alpha value is -1.87. The van der Waals surface area contributed by atoms with Crippen LogP contribution < -0.4 is 5.32 Å². The maximum absolute atomic E-state index is 4.45. The van der Waals surface area contributed by atoms with Crippen LogP contribution in [0.15, 0.2) is 42.6 Å². The minimum Gasteiger partial charge on any atom is -0.370 e. The van der Waals surface area contributed by atoms with Gasteiger partial charge in [-0.25, -0.2) is 4.98 Å². The number of hydrogen-bond acceptors (Lipinski definition) is 3. The molecule has 1 aromatic heterocycles. The van der Waals surface area contributed by atoms with Crippen molar-refractivity contribution < 1.29 is 0 Å². The Morgan fingerprint density at radius 3 is 2.29 bits per heavy atom. The average molecular weight is 283 g/mol. The second-order valence-corrected chi connectivity index (χ2v) is 5.64. The Balaban J connectivity index is 1.87. The molecule has 0 amide bonds. The maximum atomic E-state index is 4.45. The zero-order chi connectivity index (χ0) is 15.1. The molecule has 1 N–H and O–H groups in total. The van der Waals surface area contributed by atoms with E-state index in [1.54, 1.807) is 0 Å². The van der Waals surface area contributed by atoms with Crippen molar-refractivity contribution in [1.29, 1.82) is 0 Å². The minimum absolute atomic E-state index is 0.912. The third kappa shape index (κ3) is 5.20. The van der Waals surface area contributed by atoms with E-state index in [0.717, 1.165) is 31.9 Å². The van der Waals surface area contributed by atoms with Gasteiger partial charge in [0.15, 0.2) is 0 Å². The summed E-state index contributed by atoms with van der Waals surface area (Å²) in [7, 11) is 2.14. The molecule has 112 valence electrons.